The van der Waals surface area contributed by atoms with E-state index in [1.54, 1.807) is 6.07 Å². The highest BCUT2D eigenvalue weighted by atomic mass is 79.9. The van der Waals surface area contributed by atoms with E-state index in [1.165, 1.54) is 12.1 Å². The van der Waals surface area contributed by atoms with E-state index in [4.69, 9.17) is 0 Å². The molecule has 5 heteroatoms. The van der Waals surface area contributed by atoms with Gasteiger partial charge in [0, 0.05) is 16.6 Å². The molecule has 0 bridgehead atoms. The molecular weight excluding hydrogens is 299 g/mol. The van der Waals surface area contributed by atoms with Gasteiger partial charge in [0.2, 0.25) is 0 Å². The Balaban J connectivity index is 2.09. The highest BCUT2D eigenvalue weighted by Gasteiger charge is 2.23. The number of piperidine rings is 1. The molecule has 0 aromatic heterocycles. The molecule has 3 nitrogen and oxygen atoms in total. The summed E-state index contributed by atoms with van der Waals surface area (Å²) in [6.45, 7) is 3.03. The molecule has 1 aromatic carbocycles. The van der Waals surface area contributed by atoms with Crippen molar-refractivity contribution in [3.8, 4) is 0 Å². The van der Waals surface area contributed by atoms with Gasteiger partial charge in [-0.15, -0.1) is 0 Å². The van der Waals surface area contributed by atoms with Gasteiger partial charge in [-0.1, -0.05) is 0 Å². The van der Waals surface area contributed by atoms with Gasteiger partial charge in [-0.05, 0) is 60.4 Å². The second-order valence-corrected chi connectivity index (χ2v) is 5.44. The van der Waals surface area contributed by atoms with Crippen LogP contribution in [0.1, 0.15) is 30.1 Å². The highest BCUT2D eigenvalue weighted by Crippen LogP contribution is 2.18. The zero-order valence-corrected chi connectivity index (χ0v) is 11.8. The molecule has 1 aliphatic heterocycles. The summed E-state index contributed by atoms with van der Waals surface area (Å²) < 4.78 is 13.8. The maximum Gasteiger partial charge on any atom is 0.252 e. The van der Waals surface area contributed by atoms with Crippen LogP contribution in [-0.4, -0.2) is 24.5 Å². The molecular formula is C13H16BrFN2O. The third kappa shape index (κ3) is 3.09. The maximum absolute atomic E-state index is 13.1. The van der Waals surface area contributed by atoms with Gasteiger partial charge in [0.05, 0.1) is 5.56 Å². The first-order chi connectivity index (χ1) is 8.58. The van der Waals surface area contributed by atoms with Crippen LogP contribution < -0.4 is 10.6 Å². The average molecular weight is 315 g/mol. The van der Waals surface area contributed by atoms with Crippen molar-refractivity contribution < 1.29 is 9.18 Å². The van der Waals surface area contributed by atoms with Crippen molar-refractivity contribution in [1.82, 2.24) is 10.6 Å². The van der Waals surface area contributed by atoms with E-state index >= 15 is 0 Å². The number of carbonyl (C=O) groups excluding carboxylic acids is 1. The average Bonchev–Trinajstić information content (AvgIpc) is 2.35. The number of carbonyl (C=O) groups is 1. The van der Waals surface area contributed by atoms with Gasteiger partial charge in [0.15, 0.2) is 0 Å². The minimum Gasteiger partial charge on any atom is -0.348 e. The standard InChI is InChI=1S/C13H16BrFN2O/c1-8-12(3-2-6-16-8)17-13(18)10-7-9(15)4-5-11(10)14/h4-5,7-8,12,16H,2-3,6H2,1H3,(H,17,18). The van der Waals surface area contributed by atoms with Crippen LogP contribution >= 0.6 is 15.9 Å². The van der Waals surface area contributed by atoms with E-state index in [9.17, 15) is 9.18 Å². The predicted molar refractivity (Wildman–Crippen MR) is 72.1 cm³/mol. The Morgan fingerprint density at radius 3 is 3.06 bits per heavy atom. The molecule has 1 aliphatic rings. The van der Waals surface area contributed by atoms with Crippen molar-refractivity contribution in [2.75, 3.05) is 6.54 Å². The molecule has 0 aliphatic carbocycles. The van der Waals surface area contributed by atoms with E-state index in [0.29, 0.717) is 10.0 Å². The predicted octanol–water partition coefficient (Wildman–Crippen LogP) is 2.46. The number of hydrogen-bond acceptors (Lipinski definition) is 2. The highest BCUT2D eigenvalue weighted by molar-refractivity contribution is 9.10. The second-order valence-electron chi connectivity index (χ2n) is 4.59. The summed E-state index contributed by atoms with van der Waals surface area (Å²) in [7, 11) is 0. The summed E-state index contributed by atoms with van der Waals surface area (Å²) in [5.74, 6) is -0.639. The monoisotopic (exact) mass is 314 g/mol. The number of benzene rings is 1. The van der Waals surface area contributed by atoms with Crippen molar-refractivity contribution >= 4 is 21.8 Å². The lowest BCUT2D eigenvalue weighted by atomic mass is 9.99. The summed E-state index contributed by atoms with van der Waals surface area (Å²) in [5, 5.41) is 6.27. The van der Waals surface area contributed by atoms with E-state index in [0.717, 1.165) is 19.4 Å². The number of rotatable bonds is 2. The first kappa shape index (κ1) is 13.5. The van der Waals surface area contributed by atoms with Crippen LogP contribution in [-0.2, 0) is 0 Å². The molecule has 0 saturated carbocycles. The van der Waals surface area contributed by atoms with Crippen molar-refractivity contribution in [3.63, 3.8) is 0 Å². The minimum atomic E-state index is -0.404. The largest absolute Gasteiger partial charge is 0.348 e. The van der Waals surface area contributed by atoms with Gasteiger partial charge < -0.3 is 10.6 Å². The van der Waals surface area contributed by atoms with Gasteiger partial charge in [0.25, 0.3) is 5.91 Å². The molecule has 2 atom stereocenters. The molecule has 1 fully saturated rings. The summed E-state index contributed by atoms with van der Waals surface area (Å²) in [5.41, 5.74) is 0.341. The smallest absolute Gasteiger partial charge is 0.252 e. The van der Waals surface area contributed by atoms with Crippen LogP contribution in [0.5, 0.6) is 0 Å². The van der Waals surface area contributed by atoms with Crippen molar-refractivity contribution in [2.24, 2.45) is 0 Å². The SMILES string of the molecule is CC1NCCCC1NC(=O)c1cc(F)ccc1Br. The van der Waals surface area contributed by atoms with Crippen LogP contribution in [0.2, 0.25) is 0 Å². The van der Waals surface area contributed by atoms with E-state index in [1.807, 2.05) is 6.92 Å². The third-order valence-corrected chi connectivity index (χ3v) is 3.94. The fourth-order valence-electron chi connectivity index (χ4n) is 2.16. The quantitative estimate of drug-likeness (QED) is 0.880. The molecule has 1 heterocycles. The van der Waals surface area contributed by atoms with Gasteiger partial charge >= 0.3 is 0 Å². The Kier molecular flexibility index (Phi) is 4.35. The van der Waals surface area contributed by atoms with Gasteiger partial charge in [-0.25, -0.2) is 4.39 Å². The zero-order chi connectivity index (χ0) is 13.1. The molecule has 2 rings (SSSR count). The molecule has 0 radical (unpaired) electrons. The fraction of sp³-hybridized carbons (Fsp3) is 0.462. The van der Waals surface area contributed by atoms with Crippen LogP contribution in [0.3, 0.4) is 0 Å². The Hall–Kier alpha value is -0.940. The topological polar surface area (TPSA) is 41.1 Å². The molecule has 98 valence electrons. The zero-order valence-electron chi connectivity index (χ0n) is 10.2. The van der Waals surface area contributed by atoms with Crippen molar-refractivity contribution in [1.29, 1.82) is 0 Å². The molecule has 2 N–H and O–H groups in total. The summed E-state index contributed by atoms with van der Waals surface area (Å²) in [4.78, 5) is 12.1. The lowest BCUT2D eigenvalue weighted by Crippen LogP contribution is -2.51. The number of hydrogen-bond donors (Lipinski definition) is 2. The van der Waals surface area contributed by atoms with Crippen molar-refractivity contribution in [3.05, 3.63) is 34.1 Å². The molecule has 0 spiro atoms. The fourth-order valence-corrected chi connectivity index (χ4v) is 2.59. The van der Waals surface area contributed by atoms with Gasteiger partial charge in [0.1, 0.15) is 5.82 Å². The Labute approximate surface area is 114 Å². The van der Waals surface area contributed by atoms with Crippen LogP contribution in [0.25, 0.3) is 0 Å². The Bertz CT molecular complexity index is 453. The first-order valence-corrected chi connectivity index (χ1v) is 6.86. The summed E-state index contributed by atoms with van der Waals surface area (Å²) in [6, 6.07) is 4.47. The Morgan fingerprint density at radius 1 is 1.56 bits per heavy atom. The Morgan fingerprint density at radius 2 is 2.33 bits per heavy atom. The van der Waals surface area contributed by atoms with E-state index in [2.05, 4.69) is 26.6 Å². The lowest BCUT2D eigenvalue weighted by Gasteiger charge is -2.30. The number of amides is 1. The third-order valence-electron chi connectivity index (χ3n) is 3.25. The van der Waals surface area contributed by atoms with Crippen molar-refractivity contribution in [2.45, 2.75) is 31.8 Å². The number of halogens is 2. The summed E-state index contributed by atoms with van der Waals surface area (Å²) >= 11 is 3.27. The van der Waals surface area contributed by atoms with Crippen LogP contribution in [0, 0.1) is 5.82 Å². The van der Waals surface area contributed by atoms with Gasteiger partial charge in [-0.2, -0.15) is 0 Å². The summed E-state index contributed by atoms with van der Waals surface area (Å²) in [6.07, 6.45) is 1.99. The number of nitrogens with one attached hydrogen (secondary N) is 2. The molecule has 1 aromatic rings. The van der Waals surface area contributed by atoms with Crippen LogP contribution in [0.4, 0.5) is 4.39 Å². The normalized spacial score (nSPS) is 23.7. The molecule has 2 unspecified atom stereocenters. The van der Waals surface area contributed by atoms with Crippen LogP contribution in [0.15, 0.2) is 22.7 Å². The maximum atomic E-state index is 13.1. The van der Waals surface area contributed by atoms with E-state index in [-0.39, 0.29) is 18.0 Å². The first-order valence-electron chi connectivity index (χ1n) is 6.07. The van der Waals surface area contributed by atoms with E-state index < -0.39 is 5.82 Å². The second kappa shape index (κ2) is 5.80. The molecule has 1 saturated heterocycles. The van der Waals surface area contributed by atoms with Gasteiger partial charge in [-0.3, -0.25) is 4.79 Å². The molecule has 18 heavy (non-hydrogen) atoms. The molecule has 1 amide bonds. The minimum absolute atomic E-state index is 0.0985. The lowest BCUT2D eigenvalue weighted by molar-refractivity contribution is 0.0918.